The van der Waals surface area contributed by atoms with Crippen LogP contribution in [-0.4, -0.2) is 4.98 Å². The summed E-state index contributed by atoms with van der Waals surface area (Å²) in [5.74, 6) is 0. The third-order valence-corrected chi connectivity index (χ3v) is 4.15. The SMILES string of the molecule is Cc1ccc(C(N)c2nccc3ccccc23)s1. The minimum absolute atomic E-state index is 0.144. The number of nitrogens with two attached hydrogens (primary N) is 1. The molecule has 2 N–H and O–H groups in total. The minimum atomic E-state index is -0.144. The molecule has 0 bridgehead atoms. The molecule has 1 aromatic carbocycles. The number of fused-ring (bicyclic) bond motifs is 1. The number of benzene rings is 1. The van der Waals surface area contributed by atoms with E-state index in [1.807, 2.05) is 24.4 Å². The Hall–Kier alpha value is -1.71. The van der Waals surface area contributed by atoms with Crippen molar-refractivity contribution in [1.82, 2.24) is 4.98 Å². The maximum atomic E-state index is 6.34. The normalized spacial score (nSPS) is 12.8. The first-order valence-corrected chi connectivity index (χ1v) is 6.73. The Kier molecular flexibility index (Phi) is 2.86. The van der Waals surface area contributed by atoms with Gasteiger partial charge in [0.2, 0.25) is 0 Å². The predicted octanol–water partition coefficient (Wildman–Crippen LogP) is 3.65. The summed E-state index contributed by atoms with van der Waals surface area (Å²) in [5.41, 5.74) is 7.30. The van der Waals surface area contributed by atoms with E-state index < -0.39 is 0 Å². The Labute approximate surface area is 110 Å². The minimum Gasteiger partial charge on any atom is -0.318 e. The molecule has 0 fully saturated rings. The van der Waals surface area contributed by atoms with Crippen LogP contribution in [0.3, 0.4) is 0 Å². The van der Waals surface area contributed by atoms with E-state index in [2.05, 4.69) is 36.2 Å². The molecule has 2 nitrogen and oxygen atoms in total. The number of nitrogens with zero attached hydrogens (tertiary/aromatic N) is 1. The lowest BCUT2D eigenvalue weighted by atomic mass is 10.0. The summed E-state index contributed by atoms with van der Waals surface area (Å²) in [6, 6.07) is 14.3. The average Bonchev–Trinajstić information content (AvgIpc) is 2.84. The van der Waals surface area contributed by atoms with Gasteiger partial charge < -0.3 is 5.73 Å². The number of hydrogen-bond donors (Lipinski definition) is 1. The molecule has 0 spiro atoms. The van der Waals surface area contributed by atoms with E-state index in [1.165, 1.54) is 10.3 Å². The highest BCUT2D eigenvalue weighted by Crippen LogP contribution is 2.29. The van der Waals surface area contributed by atoms with Crippen molar-refractivity contribution in [1.29, 1.82) is 0 Å². The van der Waals surface area contributed by atoms with E-state index in [0.29, 0.717) is 0 Å². The highest BCUT2D eigenvalue weighted by molar-refractivity contribution is 7.12. The van der Waals surface area contributed by atoms with Crippen molar-refractivity contribution in [3.05, 3.63) is 64.1 Å². The second kappa shape index (κ2) is 4.52. The van der Waals surface area contributed by atoms with Crippen molar-refractivity contribution in [2.75, 3.05) is 0 Å². The smallest absolute Gasteiger partial charge is 0.0826 e. The van der Waals surface area contributed by atoms with Crippen LogP contribution in [0.5, 0.6) is 0 Å². The van der Waals surface area contributed by atoms with E-state index >= 15 is 0 Å². The number of aromatic nitrogens is 1. The fourth-order valence-corrected chi connectivity index (χ4v) is 3.03. The molecule has 1 unspecified atom stereocenters. The molecule has 2 heterocycles. The molecule has 0 aliphatic heterocycles. The lowest BCUT2D eigenvalue weighted by Gasteiger charge is -2.11. The van der Waals surface area contributed by atoms with Gasteiger partial charge in [-0.15, -0.1) is 11.3 Å². The Morgan fingerprint density at radius 1 is 1.11 bits per heavy atom. The quantitative estimate of drug-likeness (QED) is 0.758. The topological polar surface area (TPSA) is 38.9 Å². The van der Waals surface area contributed by atoms with Crippen LogP contribution in [0, 0.1) is 6.92 Å². The summed E-state index contributed by atoms with van der Waals surface area (Å²) < 4.78 is 0. The fourth-order valence-electron chi connectivity index (χ4n) is 2.15. The van der Waals surface area contributed by atoms with E-state index in [-0.39, 0.29) is 6.04 Å². The Morgan fingerprint density at radius 2 is 1.94 bits per heavy atom. The predicted molar refractivity (Wildman–Crippen MR) is 76.8 cm³/mol. The molecule has 0 radical (unpaired) electrons. The summed E-state index contributed by atoms with van der Waals surface area (Å²) in [4.78, 5) is 6.92. The highest BCUT2D eigenvalue weighted by atomic mass is 32.1. The third kappa shape index (κ3) is 1.92. The number of thiophene rings is 1. The van der Waals surface area contributed by atoms with Crippen LogP contribution in [0.1, 0.15) is 21.5 Å². The maximum Gasteiger partial charge on any atom is 0.0826 e. The van der Waals surface area contributed by atoms with Gasteiger partial charge in [0, 0.05) is 21.3 Å². The van der Waals surface area contributed by atoms with Crippen LogP contribution in [0.15, 0.2) is 48.7 Å². The first kappa shape index (κ1) is 11.4. The first-order chi connectivity index (χ1) is 8.75. The van der Waals surface area contributed by atoms with E-state index in [0.717, 1.165) is 16.0 Å². The summed E-state index contributed by atoms with van der Waals surface area (Å²) in [7, 11) is 0. The summed E-state index contributed by atoms with van der Waals surface area (Å²) in [6.07, 6.45) is 1.83. The average molecular weight is 254 g/mol. The lowest BCUT2D eigenvalue weighted by Crippen LogP contribution is -2.12. The van der Waals surface area contributed by atoms with Gasteiger partial charge >= 0.3 is 0 Å². The highest BCUT2D eigenvalue weighted by Gasteiger charge is 2.14. The van der Waals surface area contributed by atoms with Gasteiger partial charge in [0.1, 0.15) is 0 Å². The summed E-state index contributed by atoms with van der Waals surface area (Å²) in [5, 5.41) is 2.32. The molecule has 18 heavy (non-hydrogen) atoms. The Morgan fingerprint density at radius 3 is 2.72 bits per heavy atom. The number of pyridine rings is 1. The van der Waals surface area contributed by atoms with Gasteiger partial charge in [0.25, 0.3) is 0 Å². The van der Waals surface area contributed by atoms with Gasteiger partial charge in [-0.2, -0.15) is 0 Å². The zero-order valence-electron chi connectivity index (χ0n) is 10.1. The van der Waals surface area contributed by atoms with Gasteiger partial charge in [-0.1, -0.05) is 24.3 Å². The van der Waals surface area contributed by atoms with E-state index in [9.17, 15) is 0 Å². The van der Waals surface area contributed by atoms with Crippen molar-refractivity contribution in [2.45, 2.75) is 13.0 Å². The molecule has 2 aromatic heterocycles. The second-order valence-electron chi connectivity index (χ2n) is 4.34. The zero-order chi connectivity index (χ0) is 12.5. The van der Waals surface area contributed by atoms with Crippen molar-refractivity contribution >= 4 is 22.1 Å². The molecule has 90 valence electrons. The van der Waals surface area contributed by atoms with Crippen molar-refractivity contribution in [3.63, 3.8) is 0 Å². The van der Waals surface area contributed by atoms with Crippen molar-refractivity contribution < 1.29 is 0 Å². The van der Waals surface area contributed by atoms with Crippen LogP contribution in [0.4, 0.5) is 0 Å². The van der Waals surface area contributed by atoms with Gasteiger partial charge in [0.15, 0.2) is 0 Å². The zero-order valence-corrected chi connectivity index (χ0v) is 10.9. The van der Waals surface area contributed by atoms with Crippen LogP contribution in [-0.2, 0) is 0 Å². The molecular weight excluding hydrogens is 240 g/mol. The molecule has 1 atom stereocenters. The lowest BCUT2D eigenvalue weighted by molar-refractivity contribution is 0.859. The van der Waals surface area contributed by atoms with E-state index in [4.69, 9.17) is 5.73 Å². The molecule has 0 aliphatic rings. The van der Waals surface area contributed by atoms with Crippen LogP contribution >= 0.6 is 11.3 Å². The third-order valence-electron chi connectivity index (χ3n) is 3.07. The van der Waals surface area contributed by atoms with E-state index in [1.54, 1.807) is 11.3 Å². The van der Waals surface area contributed by atoms with Gasteiger partial charge in [0.05, 0.1) is 11.7 Å². The van der Waals surface area contributed by atoms with Crippen LogP contribution in [0.2, 0.25) is 0 Å². The van der Waals surface area contributed by atoms with Crippen molar-refractivity contribution in [3.8, 4) is 0 Å². The Balaban J connectivity index is 2.14. The molecule has 3 rings (SSSR count). The van der Waals surface area contributed by atoms with Gasteiger partial charge in [-0.05, 0) is 30.5 Å². The number of hydrogen-bond acceptors (Lipinski definition) is 3. The molecule has 0 saturated carbocycles. The van der Waals surface area contributed by atoms with Gasteiger partial charge in [-0.3, -0.25) is 4.98 Å². The maximum absolute atomic E-state index is 6.34. The molecule has 3 aromatic rings. The summed E-state index contributed by atoms with van der Waals surface area (Å²) >= 11 is 1.73. The standard InChI is InChI=1S/C15H14N2S/c1-10-6-7-13(18-10)14(16)15-12-5-3-2-4-11(12)8-9-17-15/h2-9,14H,16H2,1H3. The van der Waals surface area contributed by atoms with Crippen LogP contribution < -0.4 is 5.73 Å². The van der Waals surface area contributed by atoms with Crippen molar-refractivity contribution in [2.24, 2.45) is 5.73 Å². The summed E-state index contributed by atoms with van der Waals surface area (Å²) in [6.45, 7) is 2.09. The number of aryl methyl sites for hydroxylation is 1. The van der Waals surface area contributed by atoms with Crippen LogP contribution in [0.25, 0.3) is 10.8 Å². The van der Waals surface area contributed by atoms with Gasteiger partial charge in [-0.25, -0.2) is 0 Å². The second-order valence-corrected chi connectivity index (χ2v) is 5.66. The largest absolute Gasteiger partial charge is 0.318 e. The molecule has 0 amide bonds. The number of rotatable bonds is 2. The molecule has 3 heteroatoms. The molecular formula is C15H14N2S. The Bertz CT molecular complexity index is 682. The molecule has 0 saturated heterocycles. The first-order valence-electron chi connectivity index (χ1n) is 5.91. The fraction of sp³-hybridized carbons (Fsp3) is 0.133. The monoisotopic (exact) mass is 254 g/mol. The molecule has 0 aliphatic carbocycles.